The van der Waals surface area contributed by atoms with Crippen LogP contribution in [0.5, 0.6) is 0 Å². The van der Waals surface area contributed by atoms with Crippen LogP contribution < -0.4 is 5.32 Å². The smallest absolute Gasteiger partial charge is 0.300 e. The SMILES string of the molecule is CC(=O)O.Cn1c(SCC2CCC2)nnc1C1CCCNC1. The van der Waals surface area contributed by atoms with E-state index in [1.807, 2.05) is 11.8 Å². The molecule has 2 aliphatic rings. The Morgan fingerprint density at radius 3 is 2.64 bits per heavy atom. The second kappa shape index (κ2) is 8.53. The first-order valence-electron chi connectivity index (χ1n) is 8.00. The number of nitrogens with zero attached hydrogens (tertiary/aromatic N) is 3. The molecule has 2 heterocycles. The summed E-state index contributed by atoms with van der Waals surface area (Å²) in [5, 5.41) is 20.7. The van der Waals surface area contributed by atoms with Crippen molar-refractivity contribution in [1.82, 2.24) is 20.1 Å². The highest BCUT2D eigenvalue weighted by molar-refractivity contribution is 7.99. The molecule has 7 heteroatoms. The maximum Gasteiger partial charge on any atom is 0.300 e. The lowest BCUT2D eigenvalue weighted by atomic mass is 9.87. The number of aliphatic carboxylic acids is 1. The largest absolute Gasteiger partial charge is 0.481 e. The van der Waals surface area contributed by atoms with Crippen molar-refractivity contribution in [3.8, 4) is 0 Å². The van der Waals surface area contributed by atoms with Gasteiger partial charge in [0.25, 0.3) is 5.97 Å². The highest BCUT2D eigenvalue weighted by Crippen LogP contribution is 2.32. The first-order valence-corrected chi connectivity index (χ1v) is 8.98. The summed E-state index contributed by atoms with van der Waals surface area (Å²) in [6.45, 7) is 3.29. The monoisotopic (exact) mass is 326 g/mol. The highest BCUT2D eigenvalue weighted by Gasteiger charge is 2.23. The molecular formula is C15H26N4O2S. The molecule has 124 valence electrons. The van der Waals surface area contributed by atoms with E-state index in [4.69, 9.17) is 9.90 Å². The summed E-state index contributed by atoms with van der Waals surface area (Å²) in [6, 6.07) is 0. The van der Waals surface area contributed by atoms with Gasteiger partial charge in [0.2, 0.25) is 0 Å². The molecule has 1 saturated heterocycles. The summed E-state index contributed by atoms with van der Waals surface area (Å²) in [5.41, 5.74) is 0. The van der Waals surface area contributed by atoms with Crippen LogP contribution in [0.3, 0.4) is 0 Å². The predicted molar refractivity (Wildman–Crippen MR) is 87.2 cm³/mol. The van der Waals surface area contributed by atoms with Gasteiger partial charge in [-0.2, -0.15) is 0 Å². The van der Waals surface area contributed by atoms with E-state index in [1.165, 1.54) is 43.7 Å². The van der Waals surface area contributed by atoms with Crippen LogP contribution >= 0.6 is 11.8 Å². The van der Waals surface area contributed by atoms with Crippen LogP contribution in [-0.4, -0.2) is 44.7 Å². The van der Waals surface area contributed by atoms with Gasteiger partial charge in [0.1, 0.15) is 5.82 Å². The van der Waals surface area contributed by atoms with Gasteiger partial charge in [-0.05, 0) is 38.1 Å². The first-order chi connectivity index (χ1) is 10.6. The molecule has 0 amide bonds. The van der Waals surface area contributed by atoms with E-state index in [1.54, 1.807) is 0 Å². The Labute approximate surface area is 136 Å². The molecule has 1 unspecified atom stereocenters. The molecule has 1 saturated carbocycles. The Morgan fingerprint density at radius 2 is 2.09 bits per heavy atom. The van der Waals surface area contributed by atoms with Gasteiger partial charge in [-0.1, -0.05) is 18.2 Å². The van der Waals surface area contributed by atoms with Gasteiger partial charge >= 0.3 is 0 Å². The number of carboxylic acids is 1. The van der Waals surface area contributed by atoms with Gasteiger partial charge in [0, 0.05) is 32.2 Å². The van der Waals surface area contributed by atoms with E-state index in [9.17, 15) is 0 Å². The third-order valence-electron chi connectivity index (χ3n) is 4.20. The van der Waals surface area contributed by atoms with Crippen LogP contribution in [-0.2, 0) is 11.8 Å². The zero-order valence-corrected chi connectivity index (χ0v) is 14.2. The average molecular weight is 326 g/mol. The van der Waals surface area contributed by atoms with Crippen molar-refractivity contribution in [2.45, 2.75) is 50.1 Å². The summed E-state index contributed by atoms with van der Waals surface area (Å²) in [4.78, 5) is 9.00. The Bertz CT molecular complexity index is 478. The lowest BCUT2D eigenvalue weighted by molar-refractivity contribution is -0.134. The van der Waals surface area contributed by atoms with E-state index in [0.717, 1.165) is 31.1 Å². The Hall–Kier alpha value is -1.08. The van der Waals surface area contributed by atoms with E-state index in [0.29, 0.717) is 5.92 Å². The van der Waals surface area contributed by atoms with Crippen molar-refractivity contribution >= 4 is 17.7 Å². The van der Waals surface area contributed by atoms with Crippen molar-refractivity contribution in [1.29, 1.82) is 0 Å². The summed E-state index contributed by atoms with van der Waals surface area (Å²) in [5.74, 6) is 3.02. The molecular weight excluding hydrogens is 300 g/mol. The summed E-state index contributed by atoms with van der Waals surface area (Å²) in [7, 11) is 2.12. The molecule has 0 radical (unpaired) electrons. The quantitative estimate of drug-likeness (QED) is 0.826. The summed E-state index contributed by atoms with van der Waals surface area (Å²) < 4.78 is 2.21. The standard InChI is InChI=1S/C13H22N4S.C2H4O2/c1-17-12(11-6-3-7-14-8-11)15-16-13(17)18-9-10-4-2-5-10;1-2(3)4/h10-11,14H,2-9H2,1H3;1H3,(H,3,4). The summed E-state index contributed by atoms with van der Waals surface area (Å²) in [6.07, 6.45) is 6.73. The Morgan fingerprint density at radius 1 is 1.36 bits per heavy atom. The number of rotatable bonds is 4. The number of piperidine rings is 1. The van der Waals surface area contributed by atoms with Crippen LogP contribution in [0, 0.1) is 5.92 Å². The van der Waals surface area contributed by atoms with E-state index in [-0.39, 0.29) is 0 Å². The zero-order valence-electron chi connectivity index (χ0n) is 13.4. The molecule has 0 bridgehead atoms. The molecule has 1 aromatic heterocycles. The number of nitrogens with one attached hydrogen (secondary N) is 1. The molecule has 22 heavy (non-hydrogen) atoms. The van der Waals surface area contributed by atoms with E-state index in [2.05, 4.69) is 27.1 Å². The van der Waals surface area contributed by atoms with Gasteiger partial charge in [-0.3, -0.25) is 4.79 Å². The third kappa shape index (κ3) is 4.98. The van der Waals surface area contributed by atoms with E-state index < -0.39 is 5.97 Å². The van der Waals surface area contributed by atoms with Crippen LogP contribution in [0.2, 0.25) is 0 Å². The van der Waals surface area contributed by atoms with Crippen LogP contribution in [0.4, 0.5) is 0 Å². The van der Waals surface area contributed by atoms with Crippen molar-refractivity contribution in [3.05, 3.63) is 5.82 Å². The number of carboxylic acid groups (broad SMARTS) is 1. The van der Waals surface area contributed by atoms with Gasteiger partial charge < -0.3 is 15.0 Å². The molecule has 1 aliphatic heterocycles. The topological polar surface area (TPSA) is 80.0 Å². The molecule has 2 N–H and O–H groups in total. The molecule has 1 aliphatic carbocycles. The number of hydrogen-bond acceptors (Lipinski definition) is 5. The van der Waals surface area contributed by atoms with Gasteiger partial charge in [0.15, 0.2) is 5.16 Å². The second-order valence-corrected chi connectivity index (χ2v) is 7.06. The Kier molecular flexibility index (Phi) is 6.70. The number of aromatic nitrogens is 3. The number of carbonyl (C=O) groups is 1. The Balaban J connectivity index is 0.000000396. The van der Waals surface area contributed by atoms with Crippen LogP contribution in [0.25, 0.3) is 0 Å². The van der Waals surface area contributed by atoms with Crippen molar-refractivity contribution in [2.75, 3.05) is 18.8 Å². The second-order valence-electron chi connectivity index (χ2n) is 6.07. The van der Waals surface area contributed by atoms with Crippen LogP contribution in [0.1, 0.15) is 50.8 Å². The third-order valence-corrected chi connectivity index (χ3v) is 5.46. The maximum absolute atomic E-state index is 9.00. The summed E-state index contributed by atoms with van der Waals surface area (Å²) >= 11 is 1.88. The fourth-order valence-electron chi connectivity index (χ4n) is 2.73. The zero-order chi connectivity index (χ0) is 15.9. The van der Waals surface area contributed by atoms with Crippen molar-refractivity contribution in [3.63, 3.8) is 0 Å². The molecule has 6 nitrogen and oxygen atoms in total. The maximum atomic E-state index is 9.00. The minimum atomic E-state index is -0.833. The molecule has 3 rings (SSSR count). The molecule has 0 spiro atoms. The predicted octanol–water partition coefficient (Wildman–Crippen LogP) is 2.27. The molecule has 0 aromatic carbocycles. The van der Waals surface area contributed by atoms with Crippen molar-refractivity contribution in [2.24, 2.45) is 13.0 Å². The minimum Gasteiger partial charge on any atom is -0.481 e. The molecule has 2 fully saturated rings. The molecule has 1 aromatic rings. The average Bonchev–Trinajstić information content (AvgIpc) is 2.79. The van der Waals surface area contributed by atoms with Gasteiger partial charge in [-0.25, -0.2) is 0 Å². The minimum absolute atomic E-state index is 0.550. The molecule has 1 atom stereocenters. The number of hydrogen-bond donors (Lipinski definition) is 2. The fraction of sp³-hybridized carbons (Fsp3) is 0.800. The van der Waals surface area contributed by atoms with Crippen LogP contribution in [0.15, 0.2) is 5.16 Å². The van der Waals surface area contributed by atoms with E-state index >= 15 is 0 Å². The van der Waals surface area contributed by atoms with Gasteiger partial charge in [0.05, 0.1) is 0 Å². The van der Waals surface area contributed by atoms with Gasteiger partial charge in [-0.15, -0.1) is 10.2 Å². The lowest BCUT2D eigenvalue weighted by Crippen LogP contribution is -2.29. The number of thioether (sulfide) groups is 1. The first kappa shape index (κ1) is 17.3. The van der Waals surface area contributed by atoms with Crippen molar-refractivity contribution < 1.29 is 9.90 Å². The highest BCUT2D eigenvalue weighted by atomic mass is 32.2. The normalized spacial score (nSPS) is 21.6. The fourth-order valence-corrected chi connectivity index (χ4v) is 3.84. The lowest BCUT2D eigenvalue weighted by Gasteiger charge is -2.24.